The lowest BCUT2D eigenvalue weighted by atomic mass is 10.0. The van der Waals surface area contributed by atoms with E-state index in [0.29, 0.717) is 12.0 Å². The smallest absolute Gasteiger partial charge is 0.269 e. The molecule has 1 heterocycles. The summed E-state index contributed by atoms with van der Waals surface area (Å²) >= 11 is 0. The van der Waals surface area contributed by atoms with Crippen molar-refractivity contribution in [3.8, 4) is 11.3 Å². The summed E-state index contributed by atoms with van der Waals surface area (Å²) in [5, 5.41) is 20.3. The molecule has 1 aromatic heterocycles. The Balaban J connectivity index is 1.87. The number of carbonyl (C=O) groups excluding carboxylic acids is 1. The van der Waals surface area contributed by atoms with Crippen LogP contribution in [0, 0.1) is 15.9 Å². The van der Waals surface area contributed by atoms with Crippen molar-refractivity contribution in [3.63, 3.8) is 0 Å². The zero-order chi connectivity index (χ0) is 19.4. The molecule has 1 unspecified atom stereocenters. The largest absolute Gasteiger partial charge is 0.345 e. The first-order chi connectivity index (χ1) is 13.0. The third-order valence-corrected chi connectivity index (χ3v) is 4.22. The molecule has 0 aliphatic heterocycles. The number of carbonyl (C=O) groups is 1. The number of nitrogens with one attached hydrogen (secondary N) is 2. The average Bonchev–Trinajstić information content (AvgIpc) is 3.16. The van der Waals surface area contributed by atoms with Crippen molar-refractivity contribution in [2.45, 2.75) is 19.4 Å². The predicted molar refractivity (Wildman–Crippen MR) is 97.6 cm³/mol. The highest BCUT2D eigenvalue weighted by Crippen LogP contribution is 2.26. The SMILES string of the molecule is CCC(NC(=O)c1cn[nH]c1-c1ccccc1F)c1cccc([N+](=O)[O-])c1. The molecule has 0 spiro atoms. The van der Waals surface area contributed by atoms with Crippen LogP contribution in [-0.4, -0.2) is 21.0 Å². The van der Waals surface area contributed by atoms with Gasteiger partial charge in [-0.25, -0.2) is 4.39 Å². The van der Waals surface area contributed by atoms with Crippen LogP contribution >= 0.6 is 0 Å². The number of non-ortho nitro benzene ring substituents is 1. The summed E-state index contributed by atoms with van der Waals surface area (Å²) in [6.45, 7) is 1.86. The van der Waals surface area contributed by atoms with E-state index in [9.17, 15) is 19.3 Å². The molecule has 0 saturated heterocycles. The lowest BCUT2D eigenvalue weighted by Gasteiger charge is -2.17. The van der Waals surface area contributed by atoms with Gasteiger partial charge in [0, 0.05) is 17.7 Å². The topological polar surface area (TPSA) is 101 Å². The summed E-state index contributed by atoms with van der Waals surface area (Å²) < 4.78 is 14.1. The zero-order valence-electron chi connectivity index (χ0n) is 14.5. The first kappa shape index (κ1) is 18.2. The van der Waals surface area contributed by atoms with Gasteiger partial charge in [0.25, 0.3) is 11.6 Å². The van der Waals surface area contributed by atoms with Crippen molar-refractivity contribution in [2.75, 3.05) is 0 Å². The Kier molecular flexibility index (Phi) is 5.25. The van der Waals surface area contributed by atoms with Crippen molar-refractivity contribution in [1.29, 1.82) is 0 Å². The Morgan fingerprint density at radius 2 is 2.07 bits per heavy atom. The molecule has 0 fully saturated rings. The molecule has 1 atom stereocenters. The first-order valence-corrected chi connectivity index (χ1v) is 8.34. The van der Waals surface area contributed by atoms with E-state index in [1.165, 1.54) is 24.4 Å². The zero-order valence-corrected chi connectivity index (χ0v) is 14.5. The van der Waals surface area contributed by atoms with Gasteiger partial charge in [-0.05, 0) is 24.1 Å². The highest BCUT2D eigenvalue weighted by Gasteiger charge is 2.21. The quantitative estimate of drug-likeness (QED) is 0.507. The standard InChI is InChI=1S/C19H17FN4O3/c1-2-17(12-6-5-7-13(10-12)24(26)27)22-19(25)15-11-21-23-18(15)14-8-3-4-9-16(14)20/h3-11,17H,2H2,1H3,(H,21,23)(H,22,25). The van der Waals surface area contributed by atoms with Crippen LogP contribution in [0.3, 0.4) is 0 Å². The summed E-state index contributed by atoms with van der Waals surface area (Å²) in [6, 6.07) is 11.8. The molecule has 1 amide bonds. The van der Waals surface area contributed by atoms with Gasteiger partial charge >= 0.3 is 0 Å². The minimum Gasteiger partial charge on any atom is -0.345 e. The second-order valence-corrected chi connectivity index (χ2v) is 5.92. The Morgan fingerprint density at radius 1 is 1.30 bits per heavy atom. The van der Waals surface area contributed by atoms with Gasteiger partial charge in [0.2, 0.25) is 0 Å². The van der Waals surface area contributed by atoms with Gasteiger partial charge in [-0.3, -0.25) is 20.0 Å². The molecule has 8 heteroatoms. The third kappa shape index (κ3) is 3.84. The minimum absolute atomic E-state index is 0.0458. The van der Waals surface area contributed by atoms with Crippen molar-refractivity contribution in [2.24, 2.45) is 0 Å². The van der Waals surface area contributed by atoms with E-state index in [-0.39, 0.29) is 22.5 Å². The normalized spacial score (nSPS) is 11.8. The van der Waals surface area contributed by atoms with Crippen molar-refractivity contribution < 1.29 is 14.1 Å². The van der Waals surface area contributed by atoms with Crippen LogP contribution in [0.1, 0.15) is 35.3 Å². The van der Waals surface area contributed by atoms with E-state index in [4.69, 9.17) is 0 Å². The lowest BCUT2D eigenvalue weighted by molar-refractivity contribution is -0.384. The van der Waals surface area contributed by atoms with E-state index in [2.05, 4.69) is 15.5 Å². The number of nitro benzene ring substituents is 1. The molecule has 2 N–H and O–H groups in total. The monoisotopic (exact) mass is 368 g/mol. The van der Waals surface area contributed by atoms with E-state index < -0.39 is 22.7 Å². The molecular weight excluding hydrogens is 351 g/mol. The Hall–Kier alpha value is -3.55. The molecular formula is C19H17FN4O3. The van der Waals surface area contributed by atoms with Gasteiger partial charge in [-0.2, -0.15) is 5.10 Å². The van der Waals surface area contributed by atoms with E-state index in [0.717, 1.165) is 0 Å². The first-order valence-electron chi connectivity index (χ1n) is 8.34. The van der Waals surface area contributed by atoms with Gasteiger partial charge in [0.05, 0.1) is 28.4 Å². The maximum atomic E-state index is 14.1. The van der Waals surface area contributed by atoms with Gasteiger partial charge in [0.1, 0.15) is 5.82 Å². The highest BCUT2D eigenvalue weighted by atomic mass is 19.1. The molecule has 2 aromatic carbocycles. The van der Waals surface area contributed by atoms with E-state index in [1.54, 1.807) is 30.3 Å². The van der Waals surface area contributed by atoms with Crippen LogP contribution in [0.2, 0.25) is 0 Å². The molecule has 0 saturated carbocycles. The molecule has 0 radical (unpaired) electrons. The van der Waals surface area contributed by atoms with Crippen LogP contribution in [0.5, 0.6) is 0 Å². The average molecular weight is 368 g/mol. The number of rotatable bonds is 6. The molecule has 3 aromatic rings. The molecule has 0 aliphatic rings. The fourth-order valence-electron chi connectivity index (χ4n) is 2.84. The second kappa shape index (κ2) is 7.77. The summed E-state index contributed by atoms with van der Waals surface area (Å²) in [4.78, 5) is 23.2. The van der Waals surface area contributed by atoms with Crippen LogP contribution in [0.25, 0.3) is 11.3 Å². The lowest BCUT2D eigenvalue weighted by Crippen LogP contribution is -2.28. The molecule has 27 heavy (non-hydrogen) atoms. The maximum absolute atomic E-state index is 14.1. The molecule has 0 aliphatic carbocycles. The number of hydrogen-bond acceptors (Lipinski definition) is 4. The predicted octanol–water partition coefficient (Wildman–Crippen LogP) is 4.01. The molecule has 3 rings (SSSR count). The van der Waals surface area contributed by atoms with E-state index >= 15 is 0 Å². The van der Waals surface area contributed by atoms with Crippen LogP contribution in [0.15, 0.2) is 54.7 Å². The summed E-state index contributed by atoms with van der Waals surface area (Å²) in [5.41, 5.74) is 1.29. The van der Waals surface area contributed by atoms with Crippen molar-refractivity contribution in [1.82, 2.24) is 15.5 Å². The van der Waals surface area contributed by atoms with Crippen molar-refractivity contribution >= 4 is 11.6 Å². The summed E-state index contributed by atoms with van der Waals surface area (Å²) in [6.07, 6.45) is 1.86. The highest BCUT2D eigenvalue weighted by molar-refractivity contribution is 6.00. The van der Waals surface area contributed by atoms with Gasteiger partial charge in [-0.15, -0.1) is 0 Å². The number of H-pyrrole nitrogens is 1. The van der Waals surface area contributed by atoms with E-state index in [1.807, 2.05) is 6.92 Å². The fourth-order valence-corrected chi connectivity index (χ4v) is 2.84. The van der Waals surface area contributed by atoms with Gasteiger partial charge < -0.3 is 5.32 Å². The Bertz CT molecular complexity index is 986. The Morgan fingerprint density at radius 3 is 2.78 bits per heavy atom. The maximum Gasteiger partial charge on any atom is 0.269 e. The number of hydrogen-bond donors (Lipinski definition) is 2. The summed E-state index contributed by atoms with van der Waals surface area (Å²) in [7, 11) is 0. The molecule has 138 valence electrons. The third-order valence-electron chi connectivity index (χ3n) is 4.22. The number of aromatic amines is 1. The molecule has 0 bridgehead atoms. The Labute approximate surface area is 154 Å². The minimum atomic E-state index is -0.482. The fraction of sp³-hybridized carbons (Fsp3) is 0.158. The number of nitro groups is 1. The van der Waals surface area contributed by atoms with Gasteiger partial charge in [0.15, 0.2) is 0 Å². The van der Waals surface area contributed by atoms with Crippen LogP contribution in [-0.2, 0) is 0 Å². The van der Waals surface area contributed by atoms with Crippen molar-refractivity contribution in [3.05, 3.63) is 81.8 Å². The number of amides is 1. The van der Waals surface area contributed by atoms with Crippen LogP contribution < -0.4 is 5.32 Å². The molecule has 7 nitrogen and oxygen atoms in total. The number of benzene rings is 2. The number of aromatic nitrogens is 2. The number of halogens is 1. The van der Waals surface area contributed by atoms with Gasteiger partial charge in [-0.1, -0.05) is 31.2 Å². The summed E-state index contributed by atoms with van der Waals surface area (Å²) in [5.74, 6) is -0.915. The number of nitrogens with zero attached hydrogens (tertiary/aromatic N) is 2. The second-order valence-electron chi connectivity index (χ2n) is 5.92. The van der Waals surface area contributed by atoms with Crippen LogP contribution in [0.4, 0.5) is 10.1 Å².